The van der Waals surface area contributed by atoms with Crippen LogP contribution in [0.25, 0.3) is 0 Å². The highest BCUT2D eigenvalue weighted by Gasteiger charge is 2.14. The van der Waals surface area contributed by atoms with E-state index in [9.17, 15) is 4.39 Å². The fraction of sp³-hybridized carbons (Fsp3) is 0.500. The highest BCUT2D eigenvalue weighted by Crippen LogP contribution is 2.12. The molecule has 4 heteroatoms. The van der Waals surface area contributed by atoms with Gasteiger partial charge in [-0.2, -0.15) is 0 Å². The Kier molecular flexibility index (Phi) is 3.88. The van der Waals surface area contributed by atoms with Crippen molar-refractivity contribution in [3.8, 4) is 0 Å². The molecule has 0 amide bonds. The molecule has 1 aliphatic heterocycles. The van der Waals surface area contributed by atoms with Crippen molar-refractivity contribution in [1.29, 1.82) is 0 Å². The molecule has 0 bridgehead atoms. The van der Waals surface area contributed by atoms with E-state index < -0.39 is 0 Å². The Bertz CT molecular complexity index is 320. The lowest BCUT2D eigenvalue weighted by molar-refractivity contribution is 0.228. The van der Waals surface area contributed by atoms with Crippen LogP contribution in [0.1, 0.15) is 11.6 Å². The average Bonchev–Trinajstić information content (AvgIpc) is 2.31. The Morgan fingerprint density at radius 1 is 1.25 bits per heavy atom. The Hall–Kier alpha value is -0.970. The van der Waals surface area contributed by atoms with Gasteiger partial charge in [0, 0.05) is 38.8 Å². The number of nitrogens with zero attached hydrogens (tertiary/aromatic N) is 1. The van der Waals surface area contributed by atoms with Gasteiger partial charge in [0.1, 0.15) is 5.82 Å². The largest absolute Gasteiger partial charge is 0.323 e. The van der Waals surface area contributed by atoms with Crippen molar-refractivity contribution < 1.29 is 4.39 Å². The Labute approximate surface area is 95.4 Å². The van der Waals surface area contributed by atoms with Crippen LogP contribution < -0.4 is 11.1 Å². The lowest BCUT2D eigenvalue weighted by atomic mass is 10.1. The maximum absolute atomic E-state index is 12.7. The molecule has 0 spiro atoms. The van der Waals surface area contributed by atoms with Gasteiger partial charge in [-0.05, 0) is 17.7 Å². The van der Waals surface area contributed by atoms with Gasteiger partial charge in [0.15, 0.2) is 0 Å². The fourth-order valence-electron chi connectivity index (χ4n) is 1.99. The molecule has 1 unspecified atom stereocenters. The average molecular weight is 223 g/mol. The third-order valence-corrected chi connectivity index (χ3v) is 2.96. The van der Waals surface area contributed by atoms with Gasteiger partial charge in [-0.1, -0.05) is 12.1 Å². The number of nitrogens with two attached hydrogens (primary N) is 1. The van der Waals surface area contributed by atoms with Gasteiger partial charge in [-0.3, -0.25) is 4.90 Å². The minimum Gasteiger partial charge on any atom is -0.323 e. The van der Waals surface area contributed by atoms with Crippen LogP contribution in [0.5, 0.6) is 0 Å². The van der Waals surface area contributed by atoms with E-state index in [4.69, 9.17) is 5.73 Å². The van der Waals surface area contributed by atoms with Crippen molar-refractivity contribution in [2.24, 2.45) is 5.73 Å². The second-order valence-corrected chi connectivity index (χ2v) is 4.21. The number of hydrogen-bond acceptors (Lipinski definition) is 3. The van der Waals surface area contributed by atoms with Gasteiger partial charge in [-0.25, -0.2) is 4.39 Å². The first-order valence-corrected chi connectivity index (χ1v) is 5.70. The van der Waals surface area contributed by atoms with E-state index in [2.05, 4.69) is 10.2 Å². The van der Waals surface area contributed by atoms with Crippen LogP contribution in [0.4, 0.5) is 4.39 Å². The molecule has 1 aromatic carbocycles. The van der Waals surface area contributed by atoms with Crippen LogP contribution in [0.15, 0.2) is 24.3 Å². The highest BCUT2D eigenvalue weighted by molar-refractivity contribution is 5.19. The summed E-state index contributed by atoms with van der Waals surface area (Å²) in [6.45, 7) is 4.96. The molecule has 0 aromatic heterocycles. The fourth-order valence-corrected chi connectivity index (χ4v) is 1.99. The molecule has 1 aliphatic rings. The Morgan fingerprint density at radius 2 is 1.88 bits per heavy atom. The Morgan fingerprint density at radius 3 is 2.50 bits per heavy atom. The first-order chi connectivity index (χ1) is 7.75. The molecule has 2 rings (SSSR count). The van der Waals surface area contributed by atoms with Gasteiger partial charge in [-0.15, -0.1) is 0 Å². The lowest BCUT2D eigenvalue weighted by Gasteiger charge is -2.29. The summed E-state index contributed by atoms with van der Waals surface area (Å²) in [5.41, 5.74) is 7.09. The van der Waals surface area contributed by atoms with E-state index in [1.807, 2.05) is 0 Å². The molecule has 1 saturated heterocycles. The maximum Gasteiger partial charge on any atom is 0.123 e. The van der Waals surface area contributed by atoms with E-state index >= 15 is 0 Å². The Balaban J connectivity index is 1.91. The quantitative estimate of drug-likeness (QED) is 0.794. The number of piperazine rings is 1. The van der Waals surface area contributed by atoms with Gasteiger partial charge < -0.3 is 11.1 Å². The predicted molar refractivity (Wildman–Crippen MR) is 62.6 cm³/mol. The highest BCUT2D eigenvalue weighted by atomic mass is 19.1. The standard InChI is InChI=1S/C12H18FN3/c13-11-3-1-10(2-4-11)12(14)9-16-7-5-15-6-8-16/h1-4,12,15H,5-9,14H2. The van der Waals surface area contributed by atoms with Gasteiger partial charge in [0.25, 0.3) is 0 Å². The summed E-state index contributed by atoms with van der Waals surface area (Å²) in [5, 5.41) is 3.30. The third kappa shape index (κ3) is 3.01. The van der Waals surface area contributed by atoms with Crippen LogP contribution >= 0.6 is 0 Å². The molecule has 0 aliphatic carbocycles. The zero-order valence-electron chi connectivity index (χ0n) is 9.32. The maximum atomic E-state index is 12.7. The molecule has 1 aromatic rings. The minimum atomic E-state index is -0.210. The number of nitrogens with one attached hydrogen (secondary N) is 1. The summed E-state index contributed by atoms with van der Waals surface area (Å²) in [5.74, 6) is -0.210. The molecule has 1 heterocycles. The van der Waals surface area contributed by atoms with E-state index in [-0.39, 0.29) is 11.9 Å². The van der Waals surface area contributed by atoms with Crippen molar-refractivity contribution in [3.63, 3.8) is 0 Å². The molecule has 16 heavy (non-hydrogen) atoms. The van der Waals surface area contributed by atoms with Gasteiger partial charge in [0.2, 0.25) is 0 Å². The molecule has 0 saturated carbocycles. The van der Waals surface area contributed by atoms with Crippen LogP contribution in [0, 0.1) is 5.82 Å². The molecule has 1 atom stereocenters. The normalized spacial score (nSPS) is 19.6. The summed E-state index contributed by atoms with van der Waals surface area (Å²) in [7, 11) is 0. The summed E-state index contributed by atoms with van der Waals surface area (Å²) in [6, 6.07) is 6.43. The van der Waals surface area contributed by atoms with Gasteiger partial charge in [0.05, 0.1) is 0 Å². The third-order valence-electron chi connectivity index (χ3n) is 2.96. The summed E-state index contributed by atoms with van der Waals surface area (Å²) in [6.07, 6.45) is 0. The molecule has 88 valence electrons. The molecule has 0 radical (unpaired) electrons. The van der Waals surface area contributed by atoms with Crippen LogP contribution in [0.2, 0.25) is 0 Å². The topological polar surface area (TPSA) is 41.3 Å². The molecular weight excluding hydrogens is 205 g/mol. The molecule has 3 N–H and O–H groups in total. The number of rotatable bonds is 3. The van der Waals surface area contributed by atoms with Crippen molar-refractivity contribution in [2.75, 3.05) is 32.7 Å². The van der Waals surface area contributed by atoms with Gasteiger partial charge >= 0.3 is 0 Å². The second-order valence-electron chi connectivity index (χ2n) is 4.21. The predicted octanol–water partition coefficient (Wildman–Crippen LogP) is 0.731. The van der Waals surface area contributed by atoms with Crippen molar-refractivity contribution in [2.45, 2.75) is 6.04 Å². The number of benzene rings is 1. The minimum absolute atomic E-state index is 0.0290. The van der Waals surface area contributed by atoms with Crippen molar-refractivity contribution in [3.05, 3.63) is 35.6 Å². The van der Waals surface area contributed by atoms with Crippen molar-refractivity contribution >= 4 is 0 Å². The summed E-state index contributed by atoms with van der Waals surface area (Å²) < 4.78 is 12.7. The zero-order chi connectivity index (χ0) is 11.4. The summed E-state index contributed by atoms with van der Waals surface area (Å²) >= 11 is 0. The lowest BCUT2D eigenvalue weighted by Crippen LogP contribution is -2.45. The number of halogens is 1. The monoisotopic (exact) mass is 223 g/mol. The first-order valence-electron chi connectivity index (χ1n) is 5.70. The van der Waals surface area contributed by atoms with E-state index in [0.29, 0.717) is 0 Å². The van der Waals surface area contributed by atoms with E-state index in [1.54, 1.807) is 12.1 Å². The summed E-state index contributed by atoms with van der Waals surface area (Å²) in [4.78, 5) is 2.34. The van der Waals surface area contributed by atoms with E-state index in [1.165, 1.54) is 12.1 Å². The van der Waals surface area contributed by atoms with Crippen LogP contribution in [-0.4, -0.2) is 37.6 Å². The van der Waals surface area contributed by atoms with Crippen LogP contribution in [0.3, 0.4) is 0 Å². The first kappa shape index (κ1) is 11.5. The molecule has 3 nitrogen and oxygen atoms in total. The van der Waals surface area contributed by atoms with E-state index in [0.717, 1.165) is 38.3 Å². The zero-order valence-corrected chi connectivity index (χ0v) is 9.32. The SMILES string of the molecule is NC(CN1CCNCC1)c1ccc(F)cc1. The molecule has 1 fully saturated rings. The van der Waals surface area contributed by atoms with Crippen LogP contribution in [-0.2, 0) is 0 Å². The molecular formula is C12H18FN3. The number of hydrogen-bond donors (Lipinski definition) is 2. The second kappa shape index (κ2) is 5.39. The van der Waals surface area contributed by atoms with Crippen molar-refractivity contribution in [1.82, 2.24) is 10.2 Å². The smallest absolute Gasteiger partial charge is 0.123 e.